The fourth-order valence-electron chi connectivity index (χ4n) is 1.79. The Balaban J connectivity index is 1.83. The van der Waals surface area contributed by atoms with Crippen LogP contribution in [0.2, 0.25) is 0 Å². The number of nitrogens with zero attached hydrogens (tertiary/aromatic N) is 4. The molecule has 0 aliphatic carbocycles. The summed E-state index contributed by atoms with van der Waals surface area (Å²) in [5.74, 6) is 0.681. The van der Waals surface area contributed by atoms with Gasteiger partial charge < -0.3 is 5.73 Å². The van der Waals surface area contributed by atoms with Gasteiger partial charge in [-0.2, -0.15) is 5.10 Å². The summed E-state index contributed by atoms with van der Waals surface area (Å²) in [5.41, 5.74) is 8.43. The number of hydrogen-bond acceptors (Lipinski definition) is 5. The average Bonchev–Trinajstić information content (AvgIpc) is 2.99. The Morgan fingerprint density at radius 1 is 1.37 bits per heavy atom. The van der Waals surface area contributed by atoms with Crippen molar-refractivity contribution in [2.24, 2.45) is 0 Å². The van der Waals surface area contributed by atoms with Crippen molar-refractivity contribution in [3.63, 3.8) is 0 Å². The van der Waals surface area contributed by atoms with Gasteiger partial charge in [-0.05, 0) is 19.1 Å². The van der Waals surface area contributed by atoms with Gasteiger partial charge in [0.25, 0.3) is 0 Å². The summed E-state index contributed by atoms with van der Waals surface area (Å²) in [5, 5.41) is 7.50. The van der Waals surface area contributed by atoms with Crippen molar-refractivity contribution < 1.29 is 0 Å². The van der Waals surface area contributed by atoms with Crippen LogP contribution < -0.4 is 5.73 Å². The number of rotatable bonds is 3. The third-order valence-corrected chi connectivity index (χ3v) is 3.60. The van der Waals surface area contributed by atoms with Gasteiger partial charge in [0, 0.05) is 22.3 Å². The molecule has 3 aromatic rings. The van der Waals surface area contributed by atoms with Crippen LogP contribution in [0.25, 0.3) is 11.4 Å². The van der Waals surface area contributed by atoms with Gasteiger partial charge >= 0.3 is 0 Å². The van der Waals surface area contributed by atoms with E-state index < -0.39 is 0 Å². The molecule has 0 amide bonds. The maximum absolute atomic E-state index is 5.76. The monoisotopic (exact) mass is 271 g/mol. The van der Waals surface area contributed by atoms with Crippen LogP contribution in [0.5, 0.6) is 0 Å². The smallest absolute Gasteiger partial charge is 0.181 e. The number of aryl methyl sites for hydroxylation is 1. The Hall–Kier alpha value is -2.21. The standard InChI is InChI=1S/C13H13N5S/c1-9-7-19-12(16-9)6-18-8-15-13(17-18)10-3-2-4-11(14)5-10/h2-5,7-8H,6,14H2,1H3. The predicted octanol–water partition coefficient (Wildman–Crippen LogP) is 2.34. The second-order valence-corrected chi connectivity index (χ2v) is 5.22. The summed E-state index contributed by atoms with van der Waals surface area (Å²) < 4.78 is 1.79. The van der Waals surface area contributed by atoms with Crippen molar-refractivity contribution in [2.45, 2.75) is 13.5 Å². The van der Waals surface area contributed by atoms with Gasteiger partial charge in [-0.3, -0.25) is 0 Å². The lowest BCUT2D eigenvalue weighted by Gasteiger charge is -1.97. The molecule has 96 valence electrons. The minimum atomic E-state index is 0.647. The first-order valence-corrected chi connectivity index (χ1v) is 6.75. The van der Waals surface area contributed by atoms with Crippen LogP contribution in [0.1, 0.15) is 10.7 Å². The van der Waals surface area contributed by atoms with Crippen molar-refractivity contribution in [1.29, 1.82) is 0 Å². The number of nitrogens with two attached hydrogens (primary N) is 1. The Bertz CT molecular complexity index is 700. The number of thiazole rings is 1. The number of anilines is 1. The second kappa shape index (κ2) is 4.81. The summed E-state index contributed by atoms with van der Waals surface area (Å²) >= 11 is 1.63. The molecule has 6 heteroatoms. The zero-order valence-corrected chi connectivity index (χ0v) is 11.3. The molecule has 2 heterocycles. The molecule has 5 nitrogen and oxygen atoms in total. The fourth-order valence-corrected chi connectivity index (χ4v) is 2.56. The molecule has 0 unspecified atom stereocenters. The quantitative estimate of drug-likeness (QED) is 0.742. The van der Waals surface area contributed by atoms with E-state index in [-0.39, 0.29) is 0 Å². The van der Waals surface area contributed by atoms with Gasteiger partial charge in [0.05, 0.1) is 6.54 Å². The van der Waals surface area contributed by atoms with E-state index in [4.69, 9.17) is 5.73 Å². The molecule has 0 saturated heterocycles. The lowest BCUT2D eigenvalue weighted by Crippen LogP contribution is -2.00. The van der Waals surface area contributed by atoms with Gasteiger partial charge in [-0.15, -0.1) is 11.3 Å². The van der Waals surface area contributed by atoms with Crippen molar-refractivity contribution >= 4 is 17.0 Å². The molecule has 1 aromatic carbocycles. The zero-order valence-electron chi connectivity index (χ0n) is 10.4. The van der Waals surface area contributed by atoms with E-state index in [2.05, 4.69) is 15.1 Å². The number of aromatic nitrogens is 4. The highest BCUT2D eigenvalue weighted by Gasteiger charge is 2.06. The normalized spacial score (nSPS) is 10.8. The molecular formula is C13H13N5S. The van der Waals surface area contributed by atoms with Crippen LogP contribution in [-0.4, -0.2) is 19.7 Å². The van der Waals surface area contributed by atoms with Crippen LogP contribution in [-0.2, 0) is 6.54 Å². The van der Waals surface area contributed by atoms with Crippen LogP contribution in [0, 0.1) is 6.92 Å². The maximum Gasteiger partial charge on any atom is 0.181 e. The fraction of sp³-hybridized carbons (Fsp3) is 0.154. The Morgan fingerprint density at radius 3 is 3.00 bits per heavy atom. The molecule has 0 bridgehead atoms. The third-order valence-electron chi connectivity index (χ3n) is 2.65. The van der Waals surface area contributed by atoms with Crippen LogP contribution >= 0.6 is 11.3 Å². The predicted molar refractivity (Wildman–Crippen MR) is 75.8 cm³/mol. The first kappa shape index (κ1) is 11.9. The largest absolute Gasteiger partial charge is 0.399 e. The van der Waals surface area contributed by atoms with Crippen LogP contribution in [0.4, 0.5) is 5.69 Å². The van der Waals surface area contributed by atoms with E-state index in [9.17, 15) is 0 Å². The van der Waals surface area contributed by atoms with E-state index in [1.54, 1.807) is 22.3 Å². The van der Waals surface area contributed by atoms with Crippen molar-refractivity contribution in [3.05, 3.63) is 46.7 Å². The molecule has 2 aromatic heterocycles. The minimum Gasteiger partial charge on any atom is -0.399 e. The molecule has 19 heavy (non-hydrogen) atoms. The summed E-state index contributed by atoms with van der Waals surface area (Å²) in [6, 6.07) is 7.56. The van der Waals surface area contributed by atoms with Crippen molar-refractivity contribution in [3.8, 4) is 11.4 Å². The first-order chi connectivity index (χ1) is 9.20. The number of hydrogen-bond donors (Lipinski definition) is 1. The molecule has 0 radical (unpaired) electrons. The second-order valence-electron chi connectivity index (χ2n) is 4.27. The molecule has 3 rings (SSSR count). The SMILES string of the molecule is Cc1csc(Cn2cnc(-c3cccc(N)c3)n2)n1. The van der Waals surface area contributed by atoms with Crippen LogP contribution in [0.15, 0.2) is 36.0 Å². The van der Waals surface area contributed by atoms with E-state index in [1.165, 1.54) is 0 Å². The van der Waals surface area contributed by atoms with Crippen molar-refractivity contribution in [1.82, 2.24) is 19.7 Å². The zero-order chi connectivity index (χ0) is 13.2. The molecule has 0 aliphatic rings. The topological polar surface area (TPSA) is 69.6 Å². The van der Waals surface area contributed by atoms with E-state index in [0.29, 0.717) is 18.1 Å². The summed E-state index contributed by atoms with van der Waals surface area (Å²) in [4.78, 5) is 8.72. The summed E-state index contributed by atoms with van der Waals surface area (Å²) in [7, 11) is 0. The highest BCUT2D eigenvalue weighted by atomic mass is 32.1. The maximum atomic E-state index is 5.76. The number of nitrogen functional groups attached to an aromatic ring is 1. The van der Waals surface area contributed by atoms with E-state index in [0.717, 1.165) is 16.3 Å². The Morgan fingerprint density at radius 2 is 2.26 bits per heavy atom. The van der Waals surface area contributed by atoms with Gasteiger partial charge in [-0.25, -0.2) is 14.6 Å². The summed E-state index contributed by atoms with van der Waals surface area (Å²) in [6.07, 6.45) is 1.72. The van der Waals surface area contributed by atoms with E-state index >= 15 is 0 Å². The number of benzene rings is 1. The van der Waals surface area contributed by atoms with Gasteiger partial charge in [0.15, 0.2) is 5.82 Å². The van der Waals surface area contributed by atoms with Gasteiger partial charge in [0.1, 0.15) is 11.3 Å². The lowest BCUT2D eigenvalue weighted by molar-refractivity contribution is 0.682. The van der Waals surface area contributed by atoms with E-state index in [1.807, 2.05) is 36.6 Å². The molecule has 0 spiro atoms. The Kier molecular flexibility index (Phi) is 3.00. The molecule has 0 fully saturated rings. The minimum absolute atomic E-state index is 0.647. The highest BCUT2D eigenvalue weighted by Crippen LogP contribution is 2.17. The molecule has 0 aliphatic heterocycles. The van der Waals surface area contributed by atoms with Crippen molar-refractivity contribution in [2.75, 3.05) is 5.73 Å². The average molecular weight is 271 g/mol. The molecular weight excluding hydrogens is 258 g/mol. The molecule has 2 N–H and O–H groups in total. The first-order valence-electron chi connectivity index (χ1n) is 5.87. The van der Waals surface area contributed by atoms with Gasteiger partial charge in [0.2, 0.25) is 0 Å². The lowest BCUT2D eigenvalue weighted by atomic mass is 10.2. The Labute approximate surface area is 114 Å². The van der Waals surface area contributed by atoms with Crippen LogP contribution in [0.3, 0.4) is 0 Å². The van der Waals surface area contributed by atoms with Gasteiger partial charge in [-0.1, -0.05) is 12.1 Å². The molecule has 0 atom stereocenters. The highest BCUT2D eigenvalue weighted by molar-refractivity contribution is 7.09. The third kappa shape index (κ3) is 2.63. The summed E-state index contributed by atoms with van der Waals surface area (Å²) in [6.45, 7) is 2.63. The molecule has 0 saturated carbocycles.